The molecule has 2 aromatic carbocycles. The summed E-state index contributed by atoms with van der Waals surface area (Å²) in [6, 6.07) is 15.2. The van der Waals surface area contributed by atoms with Gasteiger partial charge in [-0.25, -0.2) is 18.9 Å². The minimum Gasteiger partial charge on any atom is -0.497 e. The standard InChI is InChI=1S/C26H30N6O3/c1-6-30(7-2)20-10-13-22(17(3)14-20)28-25(33)16-31-26(34)32-18(4)27-23(15-24(32)29-31)19-8-11-21(35-5)12-9-19/h8-15H,6-7,16H2,1-5H3,(H,28,33). The average molecular weight is 475 g/mol. The molecule has 9 nitrogen and oxygen atoms in total. The van der Waals surface area contributed by atoms with Crippen molar-refractivity contribution >= 4 is 22.9 Å². The maximum atomic E-state index is 12.9. The minimum atomic E-state index is -0.407. The first-order chi connectivity index (χ1) is 16.8. The van der Waals surface area contributed by atoms with Gasteiger partial charge in [-0.3, -0.25) is 4.79 Å². The van der Waals surface area contributed by atoms with Gasteiger partial charge in [0.25, 0.3) is 0 Å². The van der Waals surface area contributed by atoms with Crippen LogP contribution in [0.3, 0.4) is 0 Å². The summed E-state index contributed by atoms with van der Waals surface area (Å²) in [5, 5.41) is 7.29. The highest BCUT2D eigenvalue weighted by Crippen LogP contribution is 2.23. The van der Waals surface area contributed by atoms with E-state index in [9.17, 15) is 9.59 Å². The van der Waals surface area contributed by atoms with Crippen LogP contribution >= 0.6 is 0 Å². The Balaban J connectivity index is 1.56. The third kappa shape index (κ3) is 4.89. The van der Waals surface area contributed by atoms with Gasteiger partial charge in [0.1, 0.15) is 18.1 Å². The first-order valence-electron chi connectivity index (χ1n) is 11.6. The van der Waals surface area contributed by atoms with Crippen LogP contribution in [0.25, 0.3) is 16.9 Å². The molecule has 0 radical (unpaired) electrons. The second-order valence-corrected chi connectivity index (χ2v) is 8.27. The number of carbonyl (C=O) groups excluding carboxylic acids is 1. The molecule has 9 heteroatoms. The highest BCUT2D eigenvalue weighted by atomic mass is 16.5. The van der Waals surface area contributed by atoms with E-state index in [0.29, 0.717) is 22.9 Å². The summed E-state index contributed by atoms with van der Waals surface area (Å²) >= 11 is 0. The van der Waals surface area contributed by atoms with Crippen molar-refractivity contribution in [3.63, 3.8) is 0 Å². The number of nitrogens with zero attached hydrogens (tertiary/aromatic N) is 5. The van der Waals surface area contributed by atoms with Crippen molar-refractivity contribution in [2.45, 2.75) is 34.2 Å². The molecule has 0 bridgehead atoms. The zero-order valence-electron chi connectivity index (χ0n) is 20.7. The maximum absolute atomic E-state index is 12.9. The van der Waals surface area contributed by atoms with Crippen molar-refractivity contribution in [1.82, 2.24) is 19.2 Å². The summed E-state index contributed by atoms with van der Waals surface area (Å²) in [5.41, 5.74) is 4.35. The molecule has 4 aromatic rings. The molecule has 0 spiro atoms. The first kappa shape index (κ1) is 24.0. The summed E-state index contributed by atoms with van der Waals surface area (Å²) in [5.74, 6) is 0.916. The van der Waals surface area contributed by atoms with Crippen molar-refractivity contribution in [1.29, 1.82) is 0 Å². The van der Waals surface area contributed by atoms with Crippen LogP contribution in [0, 0.1) is 13.8 Å². The Bertz CT molecular complexity index is 1420. The number of hydrogen-bond donors (Lipinski definition) is 1. The molecule has 0 unspecified atom stereocenters. The number of nitrogens with one attached hydrogen (secondary N) is 1. The number of aromatic nitrogens is 4. The second kappa shape index (κ2) is 10.0. The number of methoxy groups -OCH3 is 1. The van der Waals surface area contributed by atoms with Gasteiger partial charge >= 0.3 is 5.69 Å². The molecule has 0 aliphatic carbocycles. The fourth-order valence-electron chi connectivity index (χ4n) is 4.11. The van der Waals surface area contributed by atoms with Crippen LogP contribution in [0.1, 0.15) is 25.2 Å². The fourth-order valence-corrected chi connectivity index (χ4v) is 4.11. The van der Waals surface area contributed by atoms with Crippen LogP contribution in [0.2, 0.25) is 0 Å². The Labute approximate surface area is 204 Å². The highest BCUT2D eigenvalue weighted by Gasteiger charge is 2.16. The SMILES string of the molecule is CCN(CC)c1ccc(NC(=O)Cn2nc3cc(-c4ccc(OC)cc4)nc(C)n3c2=O)c(C)c1. The topological polar surface area (TPSA) is 93.8 Å². The van der Waals surface area contributed by atoms with Crippen molar-refractivity contribution in [2.75, 3.05) is 30.4 Å². The summed E-state index contributed by atoms with van der Waals surface area (Å²) in [7, 11) is 1.61. The van der Waals surface area contributed by atoms with Crippen molar-refractivity contribution in [2.24, 2.45) is 0 Å². The van der Waals surface area contributed by atoms with Crippen LogP contribution < -0.4 is 20.6 Å². The zero-order valence-corrected chi connectivity index (χ0v) is 20.7. The van der Waals surface area contributed by atoms with Gasteiger partial charge in [0, 0.05) is 36.1 Å². The predicted octanol–water partition coefficient (Wildman–Crippen LogP) is 3.67. The lowest BCUT2D eigenvalue weighted by atomic mass is 10.1. The molecule has 0 aliphatic rings. The molecule has 0 fully saturated rings. The smallest absolute Gasteiger partial charge is 0.352 e. The highest BCUT2D eigenvalue weighted by molar-refractivity contribution is 5.91. The summed E-state index contributed by atoms with van der Waals surface area (Å²) in [6.45, 7) is 9.54. The molecule has 2 aromatic heterocycles. The summed E-state index contributed by atoms with van der Waals surface area (Å²) in [6.07, 6.45) is 0. The Morgan fingerprint density at radius 3 is 2.40 bits per heavy atom. The van der Waals surface area contributed by atoms with E-state index in [2.05, 4.69) is 40.2 Å². The number of amides is 1. The first-order valence-corrected chi connectivity index (χ1v) is 11.6. The molecule has 0 saturated heterocycles. The lowest BCUT2D eigenvalue weighted by Gasteiger charge is -2.22. The third-order valence-corrected chi connectivity index (χ3v) is 6.03. The Morgan fingerprint density at radius 1 is 1.06 bits per heavy atom. The van der Waals surface area contributed by atoms with Gasteiger partial charge < -0.3 is 15.0 Å². The number of ether oxygens (including phenoxy) is 1. The molecular weight excluding hydrogens is 444 g/mol. The number of rotatable bonds is 8. The number of anilines is 2. The van der Waals surface area contributed by atoms with Crippen LogP contribution in [-0.4, -0.2) is 45.3 Å². The van der Waals surface area contributed by atoms with Crippen LogP contribution in [-0.2, 0) is 11.3 Å². The lowest BCUT2D eigenvalue weighted by Crippen LogP contribution is -2.29. The van der Waals surface area contributed by atoms with Crippen molar-refractivity contribution < 1.29 is 9.53 Å². The van der Waals surface area contributed by atoms with Crippen LogP contribution in [0.15, 0.2) is 53.3 Å². The molecule has 182 valence electrons. The minimum absolute atomic E-state index is 0.199. The third-order valence-electron chi connectivity index (χ3n) is 6.03. The number of carbonyl (C=O) groups is 1. The van der Waals surface area contributed by atoms with Crippen molar-refractivity contribution in [3.05, 3.63) is 70.4 Å². The van der Waals surface area contributed by atoms with Gasteiger partial charge in [-0.2, -0.15) is 0 Å². The maximum Gasteiger partial charge on any atom is 0.352 e. The van der Waals surface area contributed by atoms with E-state index in [1.807, 2.05) is 43.3 Å². The van der Waals surface area contributed by atoms with Crippen LogP contribution in [0.5, 0.6) is 5.75 Å². The van der Waals surface area contributed by atoms with Gasteiger partial charge in [-0.1, -0.05) is 0 Å². The number of hydrogen-bond acceptors (Lipinski definition) is 6. The summed E-state index contributed by atoms with van der Waals surface area (Å²) in [4.78, 5) is 32.5. The van der Waals surface area contributed by atoms with E-state index in [0.717, 1.165) is 40.3 Å². The fraction of sp³-hybridized carbons (Fsp3) is 0.308. The quantitative estimate of drug-likeness (QED) is 0.419. The van der Waals surface area contributed by atoms with Gasteiger partial charge in [0.15, 0.2) is 5.65 Å². The predicted molar refractivity (Wildman–Crippen MR) is 137 cm³/mol. The van der Waals surface area contributed by atoms with Gasteiger partial charge in [-0.15, -0.1) is 5.10 Å². The number of fused-ring (bicyclic) bond motifs is 1. The molecule has 1 amide bonds. The molecule has 35 heavy (non-hydrogen) atoms. The average Bonchev–Trinajstić information content (AvgIpc) is 3.16. The van der Waals surface area contributed by atoms with E-state index < -0.39 is 5.69 Å². The molecular formula is C26H30N6O3. The monoisotopic (exact) mass is 474 g/mol. The van der Waals surface area contributed by atoms with Gasteiger partial charge in [0.05, 0.1) is 12.8 Å². The number of aryl methyl sites for hydroxylation is 2. The molecule has 1 N–H and O–H groups in total. The van der Waals surface area contributed by atoms with E-state index in [1.54, 1.807) is 20.1 Å². The zero-order chi connectivity index (χ0) is 25.1. The Kier molecular flexibility index (Phi) is 6.86. The van der Waals surface area contributed by atoms with E-state index in [-0.39, 0.29) is 12.5 Å². The molecule has 4 rings (SSSR count). The second-order valence-electron chi connectivity index (χ2n) is 8.27. The van der Waals surface area contributed by atoms with E-state index >= 15 is 0 Å². The molecule has 0 atom stereocenters. The molecule has 2 heterocycles. The Hall–Kier alpha value is -4.14. The Morgan fingerprint density at radius 2 is 1.77 bits per heavy atom. The molecule has 0 saturated carbocycles. The van der Waals surface area contributed by atoms with Crippen LogP contribution in [0.4, 0.5) is 11.4 Å². The van der Waals surface area contributed by atoms with Crippen molar-refractivity contribution in [3.8, 4) is 17.0 Å². The number of benzene rings is 2. The van der Waals surface area contributed by atoms with E-state index in [4.69, 9.17) is 4.74 Å². The normalized spacial score (nSPS) is 11.0. The largest absolute Gasteiger partial charge is 0.497 e. The van der Waals surface area contributed by atoms with E-state index in [1.165, 1.54) is 4.40 Å². The lowest BCUT2D eigenvalue weighted by molar-refractivity contribution is -0.117. The molecule has 0 aliphatic heterocycles. The summed E-state index contributed by atoms with van der Waals surface area (Å²) < 4.78 is 7.78. The van der Waals surface area contributed by atoms with Gasteiger partial charge in [-0.05, 0) is 75.7 Å². The van der Waals surface area contributed by atoms with Gasteiger partial charge in [0.2, 0.25) is 5.91 Å².